The minimum absolute atomic E-state index is 0.257. The third-order valence-corrected chi connectivity index (χ3v) is 2.11. The van der Waals surface area contributed by atoms with Gasteiger partial charge < -0.3 is 15.0 Å². The van der Waals surface area contributed by atoms with Crippen LogP contribution in [0.1, 0.15) is 5.76 Å². The zero-order chi connectivity index (χ0) is 10.7. The molecule has 0 bridgehead atoms. The Morgan fingerprint density at radius 2 is 2.07 bits per heavy atom. The van der Waals surface area contributed by atoms with Crippen LogP contribution in [0.3, 0.4) is 0 Å². The van der Waals surface area contributed by atoms with Crippen molar-refractivity contribution in [2.24, 2.45) is 0 Å². The number of ether oxygens (including phenoxy) is 1. The van der Waals surface area contributed by atoms with Gasteiger partial charge in [0, 0.05) is 5.02 Å². The van der Waals surface area contributed by atoms with Gasteiger partial charge in [-0.1, -0.05) is 16.8 Å². The van der Waals surface area contributed by atoms with E-state index >= 15 is 0 Å². The van der Waals surface area contributed by atoms with Crippen LogP contribution in [0.2, 0.25) is 5.02 Å². The van der Waals surface area contributed by atoms with Gasteiger partial charge in [0.05, 0.1) is 11.9 Å². The highest BCUT2D eigenvalue weighted by Crippen LogP contribution is 2.18. The first-order valence-electron chi connectivity index (χ1n) is 4.33. The lowest BCUT2D eigenvalue weighted by molar-refractivity contribution is 0.250. The fourth-order valence-electron chi connectivity index (χ4n) is 1.06. The number of nitrogens with zero attached hydrogens (tertiary/aromatic N) is 1. The highest BCUT2D eigenvalue weighted by molar-refractivity contribution is 6.30. The third kappa shape index (κ3) is 2.41. The van der Waals surface area contributed by atoms with Crippen molar-refractivity contribution in [3.63, 3.8) is 0 Å². The van der Waals surface area contributed by atoms with Crippen molar-refractivity contribution < 1.29 is 9.26 Å². The molecule has 2 rings (SSSR count). The zero-order valence-electron chi connectivity index (χ0n) is 7.81. The molecular formula is C10H9ClN2O2. The molecule has 0 saturated carbocycles. The van der Waals surface area contributed by atoms with Crippen LogP contribution in [0.25, 0.3) is 0 Å². The molecule has 78 valence electrons. The topological polar surface area (TPSA) is 61.3 Å². The van der Waals surface area contributed by atoms with Gasteiger partial charge in [-0.05, 0) is 24.3 Å². The monoisotopic (exact) mass is 224 g/mol. The number of aromatic nitrogens is 1. The summed E-state index contributed by atoms with van der Waals surface area (Å²) in [5.74, 6) is 1.22. The SMILES string of the molecule is Nc1cnoc1COc1ccc(Cl)cc1. The Morgan fingerprint density at radius 1 is 1.33 bits per heavy atom. The second-order valence-electron chi connectivity index (χ2n) is 2.95. The lowest BCUT2D eigenvalue weighted by Crippen LogP contribution is -1.97. The fraction of sp³-hybridized carbons (Fsp3) is 0.100. The fourth-order valence-corrected chi connectivity index (χ4v) is 1.19. The molecular weight excluding hydrogens is 216 g/mol. The van der Waals surface area contributed by atoms with E-state index in [2.05, 4.69) is 5.16 Å². The standard InChI is InChI=1S/C10H9ClN2O2/c11-7-1-3-8(4-2-7)14-6-10-9(12)5-13-15-10/h1-5H,6,12H2. The quantitative estimate of drug-likeness (QED) is 0.870. The van der Waals surface area contributed by atoms with Gasteiger partial charge in [-0.25, -0.2) is 0 Å². The van der Waals surface area contributed by atoms with E-state index in [-0.39, 0.29) is 6.61 Å². The van der Waals surface area contributed by atoms with Crippen molar-refractivity contribution in [2.45, 2.75) is 6.61 Å². The van der Waals surface area contributed by atoms with Gasteiger partial charge >= 0.3 is 0 Å². The van der Waals surface area contributed by atoms with E-state index in [0.717, 1.165) is 0 Å². The third-order valence-electron chi connectivity index (χ3n) is 1.86. The molecule has 0 fully saturated rings. The first kappa shape index (κ1) is 9.86. The van der Waals surface area contributed by atoms with Crippen LogP contribution < -0.4 is 10.5 Å². The lowest BCUT2D eigenvalue weighted by Gasteiger charge is -2.03. The van der Waals surface area contributed by atoms with Crippen LogP contribution in [-0.4, -0.2) is 5.16 Å². The van der Waals surface area contributed by atoms with Crippen molar-refractivity contribution >= 4 is 17.3 Å². The van der Waals surface area contributed by atoms with Gasteiger partial charge in [0.1, 0.15) is 5.75 Å². The molecule has 0 saturated heterocycles. The molecule has 0 amide bonds. The van der Waals surface area contributed by atoms with E-state index in [4.69, 9.17) is 26.6 Å². The average molecular weight is 225 g/mol. The Labute approximate surface area is 91.6 Å². The molecule has 2 aromatic rings. The number of rotatable bonds is 3. The number of anilines is 1. The summed E-state index contributed by atoms with van der Waals surface area (Å²) in [6.45, 7) is 0.257. The van der Waals surface area contributed by atoms with E-state index in [0.29, 0.717) is 22.2 Å². The second kappa shape index (κ2) is 4.23. The van der Waals surface area contributed by atoms with Crippen LogP contribution in [0.4, 0.5) is 5.69 Å². The number of hydrogen-bond acceptors (Lipinski definition) is 4. The minimum atomic E-state index is 0.257. The predicted octanol–water partition coefficient (Wildman–Crippen LogP) is 2.49. The number of nitrogens with two attached hydrogens (primary N) is 1. The van der Waals surface area contributed by atoms with Crippen molar-refractivity contribution in [2.75, 3.05) is 5.73 Å². The van der Waals surface area contributed by atoms with Crippen LogP contribution in [0, 0.1) is 0 Å². The molecule has 4 nitrogen and oxygen atoms in total. The Hall–Kier alpha value is -1.68. The summed E-state index contributed by atoms with van der Waals surface area (Å²) >= 11 is 5.73. The normalized spacial score (nSPS) is 10.2. The smallest absolute Gasteiger partial charge is 0.196 e. The molecule has 1 aromatic carbocycles. The molecule has 2 N–H and O–H groups in total. The molecule has 15 heavy (non-hydrogen) atoms. The summed E-state index contributed by atoms with van der Waals surface area (Å²) in [6.07, 6.45) is 1.44. The molecule has 5 heteroatoms. The Balaban J connectivity index is 1.99. The van der Waals surface area contributed by atoms with Gasteiger partial charge in [-0.2, -0.15) is 0 Å². The number of halogens is 1. The van der Waals surface area contributed by atoms with Crippen LogP contribution in [-0.2, 0) is 6.61 Å². The zero-order valence-corrected chi connectivity index (χ0v) is 8.57. The van der Waals surface area contributed by atoms with Crippen molar-refractivity contribution in [3.8, 4) is 5.75 Å². The van der Waals surface area contributed by atoms with E-state index in [1.807, 2.05) is 0 Å². The minimum Gasteiger partial charge on any atom is -0.485 e. The summed E-state index contributed by atoms with van der Waals surface area (Å²) in [7, 11) is 0. The summed E-state index contributed by atoms with van der Waals surface area (Å²) in [5.41, 5.74) is 6.06. The average Bonchev–Trinajstić information content (AvgIpc) is 2.63. The molecule has 0 atom stereocenters. The number of benzene rings is 1. The van der Waals surface area contributed by atoms with Crippen molar-refractivity contribution in [1.29, 1.82) is 0 Å². The Bertz CT molecular complexity index is 439. The number of hydrogen-bond donors (Lipinski definition) is 1. The predicted molar refractivity (Wildman–Crippen MR) is 56.7 cm³/mol. The summed E-state index contributed by atoms with van der Waals surface area (Å²) in [6, 6.07) is 7.05. The van der Waals surface area contributed by atoms with Crippen LogP contribution in [0.5, 0.6) is 5.75 Å². The van der Waals surface area contributed by atoms with Crippen molar-refractivity contribution in [1.82, 2.24) is 5.16 Å². The van der Waals surface area contributed by atoms with E-state index in [1.54, 1.807) is 24.3 Å². The molecule has 0 unspecified atom stereocenters. The van der Waals surface area contributed by atoms with E-state index in [1.165, 1.54) is 6.20 Å². The highest BCUT2D eigenvalue weighted by Gasteiger charge is 2.04. The number of nitrogen functional groups attached to an aromatic ring is 1. The van der Waals surface area contributed by atoms with Gasteiger partial charge in [0.25, 0.3) is 0 Å². The maximum absolute atomic E-state index is 5.73. The summed E-state index contributed by atoms with van der Waals surface area (Å²) in [4.78, 5) is 0. The van der Waals surface area contributed by atoms with Gasteiger partial charge in [-0.3, -0.25) is 0 Å². The molecule has 0 spiro atoms. The molecule has 0 aliphatic heterocycles. The maximum atomic E-state index is 5.73. The van der Waals surface area contributed by atoms with Crippen LogP contribution in [0.15, 0.2) is 35.0 Å². The summed E-state index contributed by atoms with van der Waals surface area (Å²) < 4.78 is 10.3. The van der Waals surface area contributed by atoms with Gasteiger partial charge in [-0.15, -0.1) is 0 Å². The van der Waals surface area contributed by atoms with Gasteiger partial charge in [0.15, 0.2) is 12.4 Å². The first-order valence-corrected chi connectivity index (χ1v) is 4.71. The van der Waals surface area contributed by atoms with Gasteiger partial charge in [0.2, 0.25) is 0 Å². The van der Waals surface area contributed by atoms with Crippen molar-refractivity contribution in [3.05, 3.63) is 41.2 Å². The van der Waals surface area contributed by atoms with E-state index < -0.39 is 0 Å². The lowest BCUT2D eigenvalue weighted by atomic mass is 10.3. The molecule has 1 aromatic heterocycles. The molecule has 1 heterocycles. The Kier molecular flexibility index (Phi) is 2.78. The largest absolute Gasteiger partial charge is 0.485 e. The van der Waals surface area contributed by atoms with E-state index in [9.17, 15) is 0 Å². The first-order chi connectivity index (χ1) is 7.25. The van der Waals surface area contributed by atoms with Crippen LogP contribution >= 0.6 is 11.6 Å². The Morgan fingerprint density at radius 3 is 2.67 bits per heavy atom. The second-order valence-corrected chi connectivity index (χ2v) is 3.38. The highest BCUT2D eigenvalue weighted by atomic mass is 35.5. The molecule has 0 aliphatic carbocycles. The molecule has 0 aliphatic rings. The maximum Gasteiger partial charge on any atom is 0.196 e. The molecule has 0 radical (unpaired) electrons. The summed E-state index contributed by atoms with van der Waals surface area (Å²) in [5, 5.41) is 4.22.